The topological polar surface area (TPSA) is 293 Å². The zero-order valence-corrected chi connectivity index (χ0v) is 65.4. The number of aromatic amines is 3. The summed E-state index contributed by atoms with van der Waals surface area (Å²) in [7, 11) is 0. The van der Waals surface area contributed by atoms with Crippen molar-refractivity contribution in [2.45, 2.75) is 76.3 Å². The summed E-state index contributed by atoms with van der Waals surface area (Å²) in [5.74, 6) is 1.53. The third-order valence-electron chi connectivity index (χ3n) is 23.1. The monoisotopic (exact) mass is 1560 g/mol. The van der Waals surface area contributed by atoms with Gasteiger partial charge in [0, 0.05) is 199 Å². The number of piperazine rings is 1. The number of aryl methyl sites for hydroxylation is 1. The van der Waals surface area contributed by atoms with E-state index in [0.717, 1.165) is 206 Å². The first-order chi connectivity index (χ1) is 57.5. The molecule has 0 atom stereocenters. The van der Waals surface area contributed by atoms with E-state index >= 15 is 0 Å². The van der Waals surface area contributed by atoms with Crippen molar-refractivity contribution in [3.05, 3.63) is 223 Å². The van der Waals surface area contributed by atoms with E-state index in [-0.39, 0.29) is 24.2 Å². The first-order valence-corrected chi connectivity index (χ1v) is 40.5. The Morgan fingerprint density at radius 2 is 1.00 bits per heavy atom. The number of piperidine rings is 2. The number of pyridine rings is 3. The molecule has 13 aromatic rings. The van der Waals surface area contributed by atoms with Crippen molar-refractivity contribution in [2.24, 2.45) is 0 Å². The molecule has 0 unspecified atom stereocenters. The third kappa shape index (κ3) is 17.5. The number of imidazole rings is 1. The number of likely N-dealkylation sites (tertiary alicyclic amines) is 1. The molecule has 19 rings (SSSR count). The molecule has 0 bridgehead atoms. The molecule has 6 fully saturated rings. The Bertz CT molecular complexity index is 5800. The zero-order chi connectivity index (χ0) is 79.6. The zero-order valence-electron chi connectivity index (χ0n) is 65.4. The van der Waals surface area contributed by atoms with Crippen LogP contribution in [0.5, 0.6) is 17.2 Å². The molecule has 7 aromatic heterocycles. The first-order valence-electron chi connectivity index (χ1n) is 40.5. The van der Waals surface area contributed by atoms with E-state index in [1.54, 1.807) is 23.5 Å². The van der Waals surface area contributed by atoms with E-state index in [9.17, 15) is 20.6 Å². The number of ether oxygens (including phenoxy) is 6. The number of anilines is 2. The van der Waals surface area contributed by atoms with Gasteiger partial charge in [-0.15, -0.1) is 0 Å². The number of aromatic nitrogens is 8. The number of rotatable bonds is 18. The van der Waals surface area contributed by atoms with Crippen LogP contribution in [0.3, 0.4) is 0 Å². The number of nitriles is 3. The quantitative estimate of drug-likeness (QED) is 0.0533. The molecule has 117 heavy (non-hydrogen) atoms. The van der Waals surface area contributed by atoms with Crippen molar-refractivity contribution in [1.29, 1.82) is 15.8 Å². The van der Waals surface area contributed by atoms with Crippen molar-refractivity contribution in [2.75, 3.05) is 121 Å². The molecule has 0 spiro atoms. The largest absolute Gasteiger partial charge is 0.489 e. The number of morpholine rings is 1. The smallest absolute Gasteiger partial charge is 0.248 e. The first kappa shape index (κ1) is 76.9. The van der Waals surface area contributed by atoms with Gasteiger partial charge < -0.3 is 73.1 Å². The van der Waals surface area contributed by atoms with Crippen LogP contribution in [-0.4, -0.2) is 196 Å². The summed E-state index contributed by atoms with van der Waals surface area (Å²) in [6.07, 6.45) is 16.0. The molecule has 24 heteroatoms. The van der Waals surface area contributed by atoms with E-state index < -0.39 is 6.61 Å². The number of hydrogen-bond donors (Lipinski definition) is 5. The molecule has 6 aromatic carbocycles. The Balaban J connectivity index is 0.000000127. The van der Waals surface area contributed by atoms with Crippen molar-refractivity contribution >= 4 is 50.0 Å². The van der Waals surface area contributed by atoms with Crippen LogP contribution in [-0.2, 0) is 25.5 Å². The number of aliphatic hydroxyl groups excluding tert-OH is 1. The maximum Gasteiger partial charge on any atom is 0.248 e. The van der Waals surface area contributed by atoms with Gasteiger partial charge in [-0.1, -0.05) is 36.4 Å². The fourth-order valence-corrected chi connectivity index (χ4v) is 16.5. The van der Waals surface area contributed by atoms with Crippen LogP contribution in [0, 0.1) is 40.9 Å². The standard InChI is InChI=1S/C34H36N6O4.C30H31N5O2.C29H25N5O2/c35-19-25-17-24(3-6-32(25)44-28-8-11-40(12-9-28)33(42)20-41)34-29-18-31(37-30(29)7-10-36-34)23-1-4-26(5-2-23)38-13-15-39(16-14-38)27-21-43-22-27;1-20-16-23(35-12-14-36-15-13-35)3-4-25(20)28-18-26-27(34-28)8-11-33-30(26)21-2-5-29(22(17-21)19-31)37-24-6-9-32-10-7-24;30-17-23-15-22(4-5-28(23)36-24-7-12-35-13-8-24)29-25-16-27(33-26(25)6-9-32-29)21-3-1-2-20(14-21)18-34-11-10-31-19-34/h1-7,10,17-18,27-28,37,41H,8-9,11-16,20-22H2;2-5,8,11,16-18,24,32,34H,6-7,9-10,12-15H2,1H3;1-6,9-11,14-16,19,24,33H,7-8,12-13,18H2. The average molecular weight is 1560 g/mol. The van der Waals surface area contributed by atoms with E-state index in [0.29, 0.717) is 79.1 Å². The van der Waals surface area contributed by atoms with Crippen molar-refractivity contribution in [1.82, 2.24) is 54.6 Å². The normalized spacial score (nSPS) is 16.5. The maximum atomic E-state index is 11.8. The number of hydrogen-bond acceptors (Lipinski definition) is 19. The van der Waals surface area contributed by atoms with Gasteiger partial charge in [0.05, 0.1) is 85.8 Å². The molecular weight excluding hydrogens is 1470 g/mol. The van der Waals surface area contributed by atoms with Gasteiger partial charge in [0.1, 0.15) is 60.4 Å². The van der Waals surface area contributed by atoms with Crippen molar-refractivity contribution < 1.29 is 38.3 Å². The van der Waals surface area contributed by atoms with Gasteiger partial charge in [-0.05, 0) is 176 Å². The van der Waals surface area contributed by atoms with Crippen LogP contribution in [0.1, 0.15) is 66.3 Å². The van der Waals surface area contributed by atoms with Crippen molar-refractivity contribution in [3.8, 4) is 103 Å². The summed E-state index contributed by atoms with van der Waals surface area (Å²) in [5, 5.41) is 45.1. The minimum atomic E-state index is -0.476. The second-order valence-corrected chi connectivity index (χ2v) is 30.5. The lowest BCUT2D eigenvalue weighted by atomic mass is 10.0. The highest BCUT2D eigenvalue weighted by molar-refractivity contribution is 5.99. The van der Waals surface area contributed by atoms with E-state index in [1.165, 1.54) is 28.1 Å². The molecule has 5 N–H and O–H groups in total. The highest BCUT2D eigenvalue weighted by Gasteiger charge is 2.30. The second-order valence-electron chi connectivity index (χ2n) is 30.5. The highest BCUT2D eigenvalue weighted by Crippen LogP contribution is 2.40. The third-order valence-corrected chi connectivity index (χ3v) is 23.1. The lowest BCUT2D eigenvalue weighted by Crippen LogP contribution is -2.56. The SMILES string of the molecule is Cc1cc(N2CCOCC2)ccc1-c1cc2c(-c3ccc(OC4CCNCC4)c(C#N)c3)nccc2[nH]1.N#Cc1cc(-c2nccc3[nH]c(-c4ccc(N5CCN(C6COC6)CC5)cc4)cc23)ccc1OC1CCN(C(=O)CO)CC1.N#Cc1cc(-c2nccc3[nH]c(-c4cccc(Cn5ccnc5)c4)cc23)ccc1OC1CCOCC1. The molecule has 0 saturated carbocycles. The molecule has 0 radical (unpaired) electrons. The number of carbonyl (C=O) groups excluding carboxylic acids is 1. The van der Waals surface area contributed by atoms with Gasteiger partial charge in [-0.25, -0.2) is 4.98 Å². The second kappa shape index (κ2) is 35.6. The Labute approximate surface area is 678 Å². The summed E-state index contributed by atoms with van der Waals surface area (Å²) in [6.45, 7) is 16.1. The Morgan fingerprint density at radius 1 is 0.496 bits per heavy atom. The average Bonchev–Trinajstić information content (AvgIpc) is 1.65. The number of fused-ring (bicyclic) bond motifs is 3. The summed E-state index contributed by atoms with van der Waals surface area (Å²) in [6, 6.07) is 60.9. The predicted octanol–water partition coefficient (Wildman–Crippen LogP) is 14.3. The predicted molar refractivity (Wildman–Crippen MR) is 451 cm³/mol. The number of amides is 1. The molecule has 6 aliphatic rings. The van der Waals surface area contributed by atoms with Crippen LogP contribution >= 0.6 is 0 Å². The summed E-state index contributed by atoms with van der Waals surface area (Å²) in [5.41, 5.74) is 21.0. The Kier molecular flexibility index (Phi) is 23.4. The summed E-state index contributed by atoms with van der Waals surface area (Å²) >= 11 is 0. The molecule has 6 aliphatic heterocycles. The molecule has 24 nitrogen and oxygen atoms in total. The molecular formula is C93H92N16O8. The van der Waals surface area contributed by atoms with Gasteiger partial charge in [-0.2, -0.15) is 15.8 Å². The van der Waals surface area contributed by atoms with Crippen LogP contribution in [0.25, 0.3) is 100 Å². The van der Waals surface area contributed by atoms with Crippen LogP contribution < -0.4 is 29.3 Å². The number of nitrogens with one attached hydrogen (secondary N) is 4. The van der Waals surface area contributed by atoms with Gasteiger partial charge in [0.25, 0.3) is 0 Å². The molecule has 0 aliphatic carbocycles. The van der Waals surface area contributed by atoms with E-state index in [1.807, 2.05) is 91.5 Å². The molecule has 592 valence electrons. The van der Waals surface area contributed by atoms with Crippen LogP contribution in [0.2, 0.25) is 0 Å². The van der Waals surface area contributed by atoms with Crippen LogP contribution in [0.4, 0.5) is 11.4 Å². The minimum Gasteiger partial charge on any atom is -0.489 e. The summed E-state index contributed by atoms with van der Waals surface area (Å²) < 4.78 is 36.8. The minimum absolute atomic E-state index is 0.0787. The Hall–Kier alpha value is -12.7. The number of H-pyrrole nitrogens is 3. The van der Waals surface area contributed by atoms with Gasteiger partial charge in [-0.3, -0.25) is 24.6 Å². The highest BCUT2D eigenvalue weighted by atomic mass is 16.5. The van der Waals surface area contributed by atoms with Gasteiger partial charge >= 0.3 is 0 Å². The molecule has 13 heterocycles. The lowest BCUT2D eigenvalue weighted by molar-refractivity contribution is -0.135. The maximum absolute atomic E-state index is 11.8. The van der Waals surface area contributed by atoms with Crippen LogP contribution in [0.15, 0.2) is 195 Å². The number of benzene rings is 6. The van der Waals surface area contributed by atoms with Gasteiger partial charge in [0.15, 0.2) is 0 Å². The molecule has 1 amide bonds. The number of aliphatic hydroxyl groups is 1. The van der Waals surface area contributed by atoms with Crippen molar-refractivity contribution in [3.63, 3.8) is 0 Å². The summed E-state index contributed by atoms with van der Waals surface area (Å²) in [4.78, 5) is 49.7. The number of carbonyl (C=O) groups is 1. The van der Waals surface area contributed by atoms with Gasteiger partial charge in [0.2, 0.25) is 5.91 Å². The van der Waals surface area contributed by atoms with E-state index in [4.69, 9.17) is 43.5 Å². The fraction of sp³-hybridized carbons (Fsp3) is 0.312. The molecule has 6 saturated heterocycles. The fourth-order valence-electron chi connectivity index (χ4n) is 16.5. The lowest BCUT2D eigenvalue weighted by Gasteiger charge is -2.43. The number of nitrogens with zero attached hydrogens (tertiary/aromatic N) is 12. The van der Waals surface area contributed by atoms with E-state index in [2.05, 4.69) is 160 Å². The Morgan fingerprint density at radius 3 is 1.52 bits per heavy atom.